The number of ether oxygens (including phenoxy) is 3. The lowest BCUT2D eigenvalue weighted by Crippen LogP contribution is -2.58. The highest BCUT2D eigenvalue weighted by atomic mass is 16.7. The number of hydrogen-bond donors (Lipinski definition) is 2. The van der Waals surface area contributed by atoms with Gasteiger partial charge < -0.3 is 29.7 Å². The van der Waals surface area contributed by atoms with Crippen LogP contribution in [0.25, 0.3) is 0 Å². The molecule has 4 aliphatic heterocycles. The molecular weight excluding hydrogens is 522 g/mol. The van der Waals surface area contributed by atoms with Crippen LogP contribution in [-0.4, -0.2) is 67.8 Å². The Bertz CT molecular complexity index is 1310. The molecule has 2 aromatic carbocycles. The average Bonchev–Trinajstić information content (AvgIpc) is 3.48. The SMILES string of the molecule is O=C1N[C@H]2CCN(C(=O)c3ccc4c(c3)OCO4)C[C@H]2CC=CCC2(CCOCC2)C(=O)N[C@@H]1Cc1ccccc1. The largest absolute Gasteiger partial charge is 0.454 e. The van der Waals surface area contributed by atoms with Crippen LogP contribution in [0.1, 0.15) is 48.0 Å². The molecule has 0 aliphatic carbocycles. The maximum absolute atomic E-state index is 13.8. The fourth-order valence-electron chi connectivity index (χ4n) is 6.38. The Morgan fingerprint density at radius 1 is 0.976 bits per heavy atom. The predicted octanol–water partition coefficient (Wildman–Crippen LogP) is 3.24. The molecule has 0 aromatic heterocycles. The summed E-state index contributed by atoms with van der Waals surface area (Å²) >= 11 is 0. The van der Waals surface area contributed by atoms with E-state index in [1.54, 1.807) is 18.2 Å². The number of piperidine rings is 1. The summed E-state index contributed by atoms with van der Waals surface area (Å²) in [5, 5.41) is 6.40. The third-order valence-electron chi connectivity index (χ3n) is 8.92. The zero-order valence-corrected chi connectivity index (χ0v) is 23.2. The molecule has 0 bridgehead atoms. The van der Waals surface area contributed by atoms with Crippen molar-refractivity contribution in [2.75, 3.05) is 33.1 Å². The molecule has 2 N–H and O–H groups in total. The van der Waals surface area contributed by atoms with Crippen molar-refractivity contribution in [3.05, 3.63) is 71.8 Å². The van der Waals surface area contributed by atoms with E-state index in [0.717, 1.165) is 5.56 Å². The highest BCUT2D eigenvalue weighted by molar-refractivity contribution is 5.95. The Labute approximate surface area is 240 Å². The summed E-state index contributed by atoms with van der Waals surface area (Å²) in [6.07, 6.45) is 7.80. The van der Waals surface area contributed by atoms with Crippen molar-refractivity contribution in [2.45, 2.75) is 50.6 Å². The lowest BCUT2D eigenvalue weighted by Gasteiger charge is -2.40. The number of benzene rings is 2. The molecule has 216 valence electrons. The molecule has 2 fully saturated rings. The lowest BCUT2D eigenvalue weighted by molar-refractivity contribution is -0.140. The van der Waals surface area contributed by atoms with Crippen LogP contribution in [0.3, 0.4) is 0 Å². The minimum atomic E-state index is -0.693. The van der Waals surface area contributed by atoms with E-state index < -0.39 is 11.5 Å². The first-order chi connectivity index (χ1) is 20.0. The summed E-state index contributed by atoms with van der Waals surface area (Å²) in [5.74, 6) is 0.952. The van der Waals surface area contributed by atoms with Gasteiger partial charge in [0.2, 0.25) is 18.6 Å². The van der Waals surface area contributed by atoms with Crippen LogP contribution < -0.4 is 20.1 Å². The summed E-state index contributed by atoms with van der Waals surface area (Å²) in [4.78, 5) is 42.8. The summed E-state index contributed by atoms with van der Waals surface area (Å²) in [6.45, 7) is 2.26. The van der Waals surface area contributed by atoms with Crippen molar-refractivity contribution in [1.82, 2.24) is 15.5 Å². The van der Waals surface area contributed by atoms with Gasteiger partial charge in [0.25, 0.3) is 5.91 Å². The molecule has 3 amide bonds. The number of hydrogen-bond acceptors (Lipinski definition) is 6. The van der Waals surface area contributed by atoms with Gasteiger partial charge in [-0.3, -0.25) is 14.4 Å². The normalized spacial score (nSPS) is 25.9. The second-order valence-corrected chi connectivity index (χ2v) is 11.5. The van der Waals surface area contributed by atoms with Crippen LogP contribution in [0.15, 0.2) is 60.7 Å². The maximum Gasteiger partial charge on any atom is 0.254 e. The number of allylic oxidation sites excluding steroid dienone is 2. The quantitative estimate of drug-likeness (QED) is 0.560. The standard InChI is InChI=1S/C32H37N3O6/c36-29-26(18-22-6-2-1-3-7-22)34-31(38)32(13-16-39-17-14-32)12-5-4-8-24-20-35(15-11-25(24)33-29)30(37)23-9-10-27-28(19-23)41-21-40-27/h1-7,9-10,19,24-26H,8,11-18,20-21H2,(H,33,36)(H,34,38)/t24-,25+,26-/m1/s1. The van der Waals surface area contributed by atoms with Crippen molar-refractivity contribution in [3.63, 3.8) is 0 Å². The summed E-state index contributed by atoms with van der Waals surface area (Å²) < 4.78 is 16.5. The topological polar surface area (TPSA) is 106 Å². The Morgan fingerprint density at radius 2 is 1.78 bits per heavy atom. The van der Waals surface area contributed by atoms with E-state index in [1.807, 2.05) is 35.2 Å². The van der Waals surface area contributed by atoms with E-state index in [4.69, 9.17) is 14.2 Å². The van der Waals surface area contributed by atoms with Crippen molar-refractivity contribution >= 4 is 17.7 Å². The van der Waals surface area contributed by atoms with Gasteiger partial charge in [0.1, 0.15) is 6.04 Å². The molecule has 41 heavy (non-hydrogen) atoms. The number of nitrogens with one attached hydrogen (secondary N) is 2. The van der Waals surface area contributed by atoms with Gasteiger partial charge in [-0.15, -0.1) is 0 Å². The Hall–Kier alpha value is -3.85. The van der Waals surface area contributed by atoms with Crippen molar-refractivity contribution < 1.29 is 28.6 Å². The summed E-state index contributed by atoms with van der Waals surface area (Å²) in [7, 11) is 0. The van der Waals surface area contributed by atoms with Crippen LogP contribution in [-0.2, 0) is 20.7 Å². The zero-order chi connectivity index (χ0) is 28.2. The predicted molar refractivity (Wildman–Crippen MR) is 151 cm³/mol. The van der Waals surface area contributed by atoms with Gasteiger partial charge in [0.15, 0.2) is 11.5 Å². The van der Waals surface area contributed by atoms with Crippen molar-refractivity contribution in [3.8, 4) is 11.5 Å². The fourth-order valence-corrected chi connectivity index (χ4v) is 6.38. The molecule has 9 heteroatoms. The van der Waals surface area contributed by atoms with Crippen LogP contribution in [0.2, 0.25) is 0 Å². The van der Waals surface area contributed by atoms with E-state index in [-0.39, 0.29) is 36.5 Å². The molecule has 2 aromatic rings. The molecule has 9 nitrogen and oxygen atoms in total. The number of carbonyl (C=O) groups is 3. The molecule has 0 saturated carbocycles. The van der Waals surface area contributed by atoms with Gasteiger partial charge in [0.05, 0.1) is 5.41 Å². The molecular formula is C32H37N3O6. The molecule has 1 spiro atoms. The van der Waals surface area contributed by atoms with Gasteiger partial charge in [-0.2, -0.15) is 0 Å². The first kappa shape index (κ1) is 27.3. The Morgan fingerprint density at radius 3 is 2.61 bits per heavy atom. The maximum atomic E-state index is 13.8. The monoisotopic (exact) mass is 559 g/mol. The molecule has 0 unspecified atom stereocenters. The Kier molecular flexibility index (Phi) is 7.96. The van der Waals surface area contributed by atoms with Gasteiger partial charge in [-0.1, -0.05) is 42.5 Å². The number of carbonyl (C=O) groups excluding carboxylic acids is 3. The van der Waals surface area contributed by atoms with Crippen molar-refractivity contribution in [2.24, 2.45) is 11.3 Å². The van der Waals surface area contributed by atoms with Crippen molar-refractivity contribution in [1.29, 1.82) is 0 Å². The van der Waals surface area contributed by atoms with Gasteiger partial charge in [-0.05, 0) is 55.9 Å². The van der Waals surface area contributed by atoms with E-state index in [9.17, 15) is 14.4 Å². The fraction of sp³-hybridized carbons (Fsp3) is 0.469. The molecule has 4 aliphatic rings. The lowest BCUT2D eigenvalue weighted by atomic mass is 9.75. The highest BCUT2D eigenvalue weighted by Gasteiger charge is 2.42. The molecule has 4 heterocycles. The third-order valence-corrected chi connectivity index (χ3v) is 8.92. The molecule has 2 saturated heterocycles. The summed E-state index contributed by atoms with van der Waals surface area (Å²) in [5.41, 5.74) is 0.949. The van der Waals surface area contributed by atoms with Crippen LogP contribution in [0.5, 0.6) is 11.5 Å². The van der Waals surface area contributed by atoms with Gasteiger partial charge in [0, 0.05) is 50.2 Å². The highest BCUT2D eigenvalue weighted by Crippen LogP contribution is 2.36. The van der Waals surface area contributed by atoms with Crippen LogP contribution in [0, 0.1) is 11.3 Å². The van der Waals surface area contributed by atoms with Gasteiger partial charge in [-0.25, -0.2) is 0 Å². The number of fused-ring (bicyclic) bond motifs is 2. The second kappa shape index (κ2) is 11.9. The third kappa shape index (κ3) is 5.95. The van der Waals surface area contributed by atoms with Crippen LogP contribution in [0.4, 0.5) is 0 Å². The number of amides is 3. The first-order valence-corrected chi connectivity index (χ1v) is 14.6. The minimum absolute atomic E-state index is 0.0417. The average molecular weight is 560 g/mol. The van der Waals surface area contributed by atoms with E-state index >= 15 is 0 Å². The molecule has 6 rings (SSSR count). The van der Waals surface area contributed by atoms with E-state index in [1.165, 1.54) is 0 Å². The van der Waals surface area contributed by atoms with Crippen LogP contribution >= 0.6 is 0 Å². The number of likely N-dealkylation sites (tertiary alicyclic amines) is 1. The minimum Gasteiger partial charge on any atom is -0.454 e. The van der Waals surface area contributed by atoms with E-state index in [0.29, 0.717) is 81.9 Å². The first-order valence-electron chi connectivity index (χ1n) is 14.6. The summed E-state index contributed by atoms with van der Waals surface area (Å²) in [6, 6.07) is 14.3. The smallest absolute Gasteiger partial charge is 0.254 e. The second-order valence-electron chi connectivity index (χ2n) is 11.5. The van der Waals surface area contributed by atoms with E-state index in [2.05, 4.69) is 22.8 Å². The molecule has 0 radical (unpaired) electrons. The number of nitrogens with zero attached hydrogens (tertiary/aromatic N) is 1. The Balaban J connectivity index is 1.23. The van der Waals surface area contributed by atoms with Gasteiger partial charge >= 0.3 is 0 Å². The number of rotatable bonds is 3. The zero-order valence-electron chi connectivity index (χ0n) is 23.2. The molecule has 3 atom stereocenters.